The molecule has 2 heterocycles. The van der Waals surface area contributed by atoms with E-state index in [1.165, 1.54) is 6.33 Å². The Morgan fingerprint density at radius 3 is 2.54 bits per heavy atom. The van der Waals surface area contributed by atoms with Gasteiger partial charge in [0.2, 0.25) is 0 Å². The fourth-order valence-corrected chi connectivity index (χ4v) is 2.52. The Kier molecular flexibility index (Phi) is 4.13. The number of aromatic nitrogens is 3. The van der Waals surface area contributed by atoms with Crippen molar-refractivity contribution in [2.75, 3.05) is 11.9 Å². The fraction of sp³-hybridized carbons (Fsp3) is 0.263. The van der Waals surface area contributed by atoms with E-state index in [0.717, 1.165) is 34.3 Å². The molecular formula is C19H19N5. The summed E-state index contributed by atoms with van der Waals surface area (Å²) in [5.41, 5.74) is 4.18. The maximum atomic E-state index is 9.44. The molecule has 3 aromatic rings. The summed E-state index contributed by atoms with van der Waals surface area (Å²) in [6.07, 6.45) is 6.67. The Morgan fingerprint density at radius 1 is 1.12 bits per heavy atom. The van der Waals surface area contributed by atoms with Crippen molar-refractivity contribution in [2.24, 2.45) is 5.41 Å². The number of benzene rings is 1. The van der Waals surface area contributed by atoms with Crippen LogP contribution in [0.4, 0.5) is 5.69 Å². The monoisotopic (exact) mass is 317 g/mol. The van der Waals surface area contributed by atoms with Crippen molar-refractivity contribution in [1.82, 2.24) is 15.0 Å². The van der Waals surface area contributed by atoms with Gasteiger partial charge in [-0.15, -0.1) is 0 Å². The molecule has 0 aliphatic rings. The molecule has 1 N–H and O–H groups in total. The second-order valence-electron chi connectivity index (χ2n) is 6.90. The van der Waals surface area contributed by atoms with Gasteiger partial charge in [0, 0.05) is 41.6 Å². The van der Waals surface area contributed by atoms with Gasteiger partial charge in [-0.05, 0) is 5.41 Å². The van der Waals surface area contributed by atoms with E-state index in [0.29, 0.717) is 5.56 Å². The third kappa shape index (κ3) is 3.18. The van der Waals surface area contributed by atoms with Gasteiger partial charge in [0.25, 0.3) is 0 Å². The van der Waals surface area contributed by atoms with Crippen LogP contribution in [0.5, 0.6) is 0 Å². The van der Waals surface area contributed by atoms with Crippen LogP contribution >= 0.6 is 0 Å². The molecule has 1 aromatic carbocycles. The van der Waals surface area contributed by atoms with Crippen molar-refractivity contribution in [3.63, 3.8) is 0 Å². The first-order valence-corrected chi connectivity index (χ1v) is 7.81. The molecule has 0 radical (unpaired) electrons. The number of rotatable bonds is 3. The normalized spacial score (nSPS) is 11.2. The van der Waals surface area contributed by atoms with E-state index in [1.54, 1.807) is 18.6 Å². The van der Waals surface area contributed by atoms with Crippen LogP contribution in [0.1, 0.15) is 26.3 Å². The first-order valence-electron chi connectivity index (χ1n) is 7.81. The second kappa shape index (κ2) is 6.25. The van der Waals surface area contributed by atoms with Crippen LogP contribution in [0.2, 0.25) is 0 Å². The van der Waals surface area contributed by atoms with Crippen molar-refractivity contribution in [3.05, 3.63) is 48.7 Å². The number of fused-ring (bicyclic) bond motifs is 1. The lowest BCUT2D eigenvalue weighted by Gasteiger charge is -2.21. The van der Waals surface area contributed by atoms with Gasteiger partial charge in [-0.3, -0.25) is 4.98 Å². The highest BCUT2D eigenvalue weighted by Gasteiger charge is 2.15. The third-order valence-corrected chi connectivity index (χ3v) is 3.68. The molecule has 0 atom stereocenters. The summed E-state index contributed by atoms with van der Waals surface area (Å²) in [4.78, 5) is 12.7. The smallest absolute Gasteiger partial charge is 0.115 e. The number of hydrogen-bond acceptors (Lipinski definition) is 5. The van der Waals surface area contributed by atoms with E-state index >= 15 is 0 Å². The quantitative estimate of drug-likeness (QED) is 0.789. The lowest BCUT2D eigenvalue weighted by molar-refractivity contribution is 0.443. The first-order chi connectivity index (χ1) is 11.5. The molecule has 0 spiro atoms. The summed E-state index contributed by atoms with van der Waals surface area (Å²) in [5, 5.41) is 13.8. The van der Waals surface area contributed by atoms with Crippen LogP contribution in [0, 0.1) is 16.7 Å². The number of hydrogen-bond donors (Lipinski definition) is 1. The minimum atomic E-state index is 0.104. The molecule has 0 aliphatic heterocycles. The highest BCUT2D eigenvalue weighted by molar-refractivity contribution is 6.01. The molecule has 5 heteroatoms. The molecule has 0 unspecified atom stereocenters. The molecule has 0 fully saturated rings. The van der Waals surface area contributed by atoms with Gasteiger partial charge in [0.1, 0.15) is 12.4 Å². The summed E-state index contributed by atoms with van der Waals surface area (Å²) in [6, 6.07) is 8.18. The maximum absolute atomic E-state index is 9.44. The maximum Gasteiger partial charge on any atom is 0.115 e. The standard InChI is InChI=1S/C19H19N5/c1-19(2,3)11-24-17-13(7-20)10-23-18-15(5-4-6-16(17)18)14-8-21-12-22-9-14/h4-6,8-10,12H,11H2,1-3H3,(H,23,24). The third-order valence-electron chi connectivity index (χ3n) is 3.68. The van der Waals surface area contributed by atoms with Crippen LogP contribution in [0.15, 0.2) is 43.1 Å². The van der Waals surface area contributed by atoms with Gasteiger partial charge in [0.15, 0.2) is 0 Å². The molecule has 0 bridgehead atoms. The van der Waals surface area contributed by atoms with Crippen LogP contribution in [0.25, 0.3) is 22.0 Å². The van der Waals surface area contributed by atoms with Crippen LogP contribution in [-0.4, -0.2) is 21.5 Å². The van der Waals surface area contributed by atoms with Gasteiger partial charge in [-0.1, -0.05) is 39.0 Å². The van der Waals surface area contributed by atoms with E-state index in [4.69, 9.17) is 0 Å². The number of nitriles is 1. The average Bonchev–Trinajstić information content (AvgIpc) is 2.59. The molecule has 0 saturated heterocycles. The number of pyridine rings is 1. The van der Waals surface area contributed by atoms with Gasteiger partial charge in [0.05, 0.1) is 16.8 Å². The van der Waals surface area contributed by atoms with Crippen LogP contribution < -0.4 is 5.32 Å². The Bertz CT molecular complexity index is 905. The van der Waals surface area contributed by atoms with Crippen molar-refractivity contribution < 1.29 is 0 Å². The Hall–Kier alpha value is -3.00. The summed E-state index contributed by atoms with van der Waals surface area (Å²) >= 11 is 0. The molecule has 0 aliphatic carbocycles. The van der Waals surface area contributed by atoms with E-state index in [1.807, 2.05) is 18.2 Å². The zero-order valence-corrected chi connectivity index (χ0v) is 14.0. The van der Waals surface area contributed by atoms with E-state index in [-0.39, 0.29) is 5.41 Å². The molecule has 0 saturated carbocycles. The summed E-state index contributed by atoms with van der Waals surface area (Å²) in [6.45, 7) is 7.23. The first kappa shape index (κ1) is 15.9. The van der Waals surface area contributed by atoms with Crippen molar-refractivity contribution in [1.29, 1.82) is 5.26 Å². The zero-order chi connectivity index (χ0) is 17.2. The molecule has 24 heavy (non-hydrogen) atoms. The molecule has 120 valence electrons. The minimum absolute atomic E-state index is 0.104. The lowest BCUT2D eigenvalue weighted by Crippen LogP contribution is -2.19. The number of para-hydroxylation sites is 1. The number of anilines is 1. The van der Waals surface area contributed by atoms with Gasteiger partial charge >= 0.3 is 0 Å². The second-order valence-corrected chi connectivity index (χ2v) is 6.90. The topological polar surface area (TPSA) is 74.5 Å². The van der Waals surface area contributed by atoms with Crippen molar-refractivity contribution in [3.8, 4) is 17.2 Å². The Labute approximate surface area is 141 Å². The summed E-state index contributed by atoms with van der Waals surface area (Å²) in [7, 11) is 0. The Balaban J connectivity index is 2.18. The zero-order valence-electron chi connectivity index (χ0n) is 14.0. The van der Waals surface area contributed by atoms with Crippen LogP contribution in [-0.2, 0) is 0 Å². The average molecular weight is 317 g/mol. The van der Waals surface area contributed by atoms with Gasteiger partial charge in [-0.2, -0.15) is 5.26 Å². The highest BCUT2D eigenvalue weighted by Crippen LogP contribution is 2.32. The van der Waals surface area contributed by atoms with Gasteiger partial charge < -0.3 is 5.32 Å². The number of nitrogens with one attached hydrogen (secondary N) is 1. The lowest BCUT2D eigenvalue weighted by atomic mass is 9.96. The van der Waals surface area contributed by atoms with Crippen molar-refractivity contribution in [2.45, 2.75) is 20.8 Å². The molecule has 5 nitrogen and oxygen atoms in total. The minimum Gasteiger partial charge on any atom is -0.383 e. The van der Waals surface area contributed by atoms with Crippen LogP contribution in [0.3, 0.4) is 0 Å². The predicted octanol–water partition coefficient (Wildman–Crippen LogP) is 4.02. The fourth-order valence-electron chi connectivity index (χ4n) is 2.52. The predicted molar refractivity (Wildman–Crippen MR) is 95.4 cm³/mol. The molecule has 3 rings (SSSR count). The van der Waals surface area contributed by atoms with Gasteiger partial charge in [-0.25, -0.2) is 9.97 Å². The summed E-state index contributed by atoms with van der Waals surface area (Å²) < 4.78 is 0. The van der Waals surface area contributed by atoms with E-state index < -0.39 is 0 Å². The van der Waals surface area contributed by atoms with Crippen molar-refractivity contribution >= 4 is 16.6 Å². The largest absolute Gasteiger partial charge is 0.383 e. The Morgan fingerprint density at radius 2 is 1.88 bits per heavy atom. The van der Waals surface area contributed by atoms with E-state index in [2.05, 4.69) is 47.1 Å². The van der Waals surface area contributed by atoms with E-state index in [9.17, 15) is 5.26 Å². The summed E-state index contributed by atoms with van der Waals surface area (Å²) in [5.74, 6) is 0. The SMILES string of the molecule is CC(C)(C)CNc1c(C#N)cnc2c(-c3cncnc3)cccc12. The molecule has 0 amide bonds. The molecule has 2 aromatic heterocycles. The molecular weight excluding hydrogens is 298 g/mol. The number of nitrogens with zero attached hydrogens (tertiary/aromatic N) is 4. The highest BCUT2D eigenvalue weighted by atomic mass is 14.9.